The van der Waals surface area contributed by atoms with Crippen LogP contribution in [0.25, 0.3) is 0 Å². The lowest BCUT2D eigenvalue weighted by atomic mass is 10.0. The molecule has 0 saturated carbocycles. The van der Waals surface area contributed by atoms with Gasteiger partial charge in [-0.15, -0.1) is 0 Å². The van der Waals surface area contributed by atoms with E-state index >= 15 is 0 Å². The van der Waals surface area contributed by atoms with E-state index in [9.17, 15) is 4.39 Å². The van der Waals surface area contributed by atoms with E-state index in [2.05, 4.69) is 5.32 Å². The van der Waals surface area contributed by atoms with Gasteiger partial charge < -0.3 is 9.73 Å². The van der Waals surface area contributed by atoms with Crippen LogP contribution in [0.2, 0.25) is 10.2 Å². The van der Waals surface area contributed by atoms with Crippen molar-refractivity contribution in [3.8, 4) is 0 Å². The van der Waals surface area contributed by atoms with E-state index < -0.39 is 0 Å². The standard InChI is InChI=1S/C14H14Cl2FNO/c1-2-18-13(11-5-6-19-14(11)16)7-9-3-4-10(17)8-12(9)15/h3-6,8,13,18H,2,7H2,1H3. The summed E-state index contributed by atoms with van der Waals surface area (Å²) in [5.74, 6) is -0.338. The monoisotopic (exact) mass is 301 g/mol. The highest BCUT2D eigenvalue weighted by molar-refractivity contribution is 6.31. The zero-order chi connectivity index (χ0) is 13.8. The number of furan rings is 1. The van der Waals surface area contributed by atoms with Crippen LogP contribution in [0.15, 0.2) is 34.9 Å². The molecule has 2 nitrogen and oxygen atoms in total. The summed E-state index contributed by atoms with van der Waals surface area (Å²) in [6.45, 7) is 2.79. The third-order valence-electron chi connectivity index (χ3n) is 2.91. The van der Waals surface area contributed by atoms with Crippen molar-refractivity contribution in [3.63, 3.8) is 0 Å². The number of likely N-dealkylation sites (N-methyl/N-ethyl adjacent to an activating group) is 1. The summed E-state index contributed by atoms with van der Waals surface area (Å²) in [5.41, 5.74) is 1.75. The van der Waals surface area contributed by atoms with Crippen molar-refractivity contribution in [1.82, 2.24) is 5.32 Å². The molecule has 5 heteroatoms. The molecule has 0 aliphatic carbocycles. The predicted octanol–water partition coefficient (Wildman–Crippen LogP) is 4.62. The average molecular weight is 302 g/mol. The van der Waals surface area contributed by atoms with Gasteiger partial charge >= 0.3 is 0 Å². The molecule has 0 amide bonds. The maximum absolute atomic E-state index is 13.0. The number of rotatable bonds is 5. The van der Waals surface area contributed by atoms with E-state index in [0.717, 1.165) is 17.7 Å². The zero-order valence-electron chi connectivity index (χ0n) is 10.4. The van der Waals surface area contributed by atoms with Crippen molar-refractivity contribution in [2.24, 2.45) is 0 Å². The fourth-order valence-corrected chi connectivity index (χ4v) is 2.49. The Labute approximate surface area is 121 Å². The van der Waals surface area contributed by atoms with E-state index in [4.69, 9.17) is 27.6 Å². The predicted molar refractivity (Wildman–Crippen MR) is 75.2 cm³/mol. The molecule has 0 aliphatic heterocycles. The van der Waals surface area contributed by atoms with Crippen molar-refractivity contribution in [2.45, 2.75) is 19.4 Å². The first-order valence-corrected chi connectivity index (χ1v) is 6.77. The summed E-state index contributed by atoms with van der Waals surface area (Å²) in [4.78, 5) is 0. The van der Waals surface area contributed by atoms with Gasteiger partial charge in [0.1, 0.15) is 5.82 Å². The van der Waals surface area contributed by atoms with Crippen molar-refractivity contribution in [3.05, 3.63) is 57.7 Å². The molecule has 1 aromatic carbocycles. The summed E-state index contributed by atoms with van der Waals surface area (Å²) >= 11 is 12.1. The number of benzene rings is 1. The van der Waals surface area contributed by atoms with Crippen LogP contribution in [-0.2, 0) is 6.42 Å². The number of halogens is 3. The van der Waals surface area contributed by atoms with Gasteiger partial charge in [-0.2, -0.15) is 0 Å². The van der Waals surface area contributed by atoms with Crippen LogP contribution in [0.1, 0.15) is 24.1 Å². The van der Waals surface area contributed by atoms with Crippen LogP contribution in [0.3, 0.4) is 0 Å². The molecule has 1 heterocycles. The van der Waals surface area contributed by atoms with Crippen LogP contribution in [0.5, 0.6) is 0 Å². The summed E-state index contributed by atoms with van der Waals surface area (Å²) < 4.78 is 18.1. The molecule has 2 aromatic rings. The second kappa shape index (κ2) is 6.42. The molecule has 0 spiro atoms. The minimum Gasteiger partial charge on any atom is -0.453 e. The van der Waals surface area contributed by atoms with E-state index in [1.54, 1.807) is 12.3 Å². The van der Waals surface area contributed by atoms with Gasteiger partial charge in [0.2, 0.25) is 0 Å². The first kappa shape index (κ1) is 14.4. The Balaban J connectivity index is 2.24. The second-order valence-electron chi connectivity index (χ2n) is 4.20. The van der Waals surface area contributed by atoms with Crippen molar-refractivity contribution in [1.29, 1.82) is 0 Å². The van der Waals surface area contributed by atoms with Gasteiger partial charge in [-0.1, -0.05) is 24.6 Å². The summed E-state index contributed by atoms with van der Waals surface area (Å²) in [6, 6.07) is 6.22. The van der Waals surface area contributed by atoms with Crippen molar-refractivity contribution in [2.75, 3.05) is 6.54 Å². The van der Waals surface area contributed by atoms with Gasteiger partial charge in [-0.05, 0) is 48.3 Å². The SMILES string of the molecule is CCNC(Cc1ccc(F)cc1Cl)c1ccoc1Cl. The summed E-state index contributed by atoms with van der Waals surface area (Å²) in [7, 11) is 0. The van der Waals surface area contributed by atoms with E-state index in [1.807, 2.05) is 13.0 Å². The van der Waals surface area contributed by atoms with Crippen molar-refractivity contribution >= 4 is 23.2 Å². The number of hydrogen-bond donors (Lipinski definition) is 1. The van der Waals surface area contributed by atoms with Crippen LogP contribution < -0.4 is 5.32 Å². The van der Waals surface area contributed by atoms with Gasteiger partial charge in [-0.3, -0.25) is 0 Å². The Morgan fingerprint density at radius 2 is 2.11 bits per heavy atom. The van der Waals surface area contributed by atoms with Gasteiger partial charge in [0.15, 0.2) is 5.22 Å². The largest absolute Gasteiger partial charge is 0.453 e. The number of nitrogens with one attached hydrogen (secondary N) is 1. The molecule has 1 atom stereocenters. The van der Waals surface area contributed by atoms with Gasteiger partial charge in [0, 0.05) is 16.6 Å². The smallest absolute Gasteiger partial charge is 0.197 e. The minimum absolute atomic E-state index is 0.0146. The normalized spacial score (nSPS) is 12.6. The molecule has 1 unspecified atom stereocenters. The van der Waals surface area contributed by atoms with Gasteiger partial charge in [-0.25, -0.2) is 4.39 Å². The van der Waals surface area contributed by atoms with E-state index in [1.165, 1.54) is 12.1 Å². The Bertz CT molecular complexity index is 556. The molecule has 0 radical (unpaired) electrons. The Kier molecular flexibility index (Phi) is 4.86. The van der Waals surface area contributed by atoms with Crippen molar-refractivity contribution < 1.29 is 8.81 Å². The first-order valence-electron chi connectivity index (χ1n) is 6.02. The molecular weight excluding hydrogens is 288 g/mol. The van der Waals surface area contributed by atoms with Gasteiger partial charge in [0.25, 0.3) is 0 Å². The zero-order valence-corrected chi connectivity index (χ0v) is 11.9. The molecule has 1 aromatic heterocycles. The van der Waals surface area contributed by atoms with Crippen LogP contribution in [0.4, 0.5) is 4.39 Å². The molecule has 1 N–H and O–H groups in total. The van der Waals surface area contributed by atoms with Gasteiger partial charge in [0.05, 0.1) is 6.26 Å². The quantitative estimate of drug-likeness (QED) is 0.872. The highest BCUT2D eigenvalue weighted by Crippen LogP contribution is 2.29. The lowest BCUT2D eigenvalue weighted by Crippen LogP contribution is -2.23. The maximum atomic E-state index is 13.0. The first-order chi connectivity index (χ1) is 9.11. The maximum Gasteiger partial charge on any atom is 0.197 e. The summed E-state index contributed by atoms with van der Waals surface area (Å²) in [6.07, 6.45) is 2.17. The molecule has 102 valence electrons. The molecule has 0 aliphatic rings. The Morgan fingerprint density at radius 1 is 1.32 bits per heavy atom. The number of hydrogen-bond acceptors (Lipinski definition) is 2. The average Bonchev–Trinajstić information content (AvgIpc) is 2.78. The van der Waals surface area contributed by atoms with Crippen LogP contribution in [0, 0.1) is 5.82 Å². The topological polar surface area (TPSA) is 25.2 Å². The molecule has 0 fully saturated rings. The third kappa shape index (κ3) is 3.50. The second-order valence-corrected chi connectivity index (χ2v) is 4.95. The molecule has 2 rings (SSSR count). The highest BCUT2D eigenvalue weighted by atomic mass is 35.5. The Morgan fingerprint density at radius 3 is 2.68 bits per heavy atom. The van der Waals surface area contributed by atoms with Crippen LogP contribution in [-0.4, -0.2) is 6.54 Å². The van der Waals surface area contributed by atoms with E-state index in [0.29, 0.717) is 16.7 Å². The Hall–Kier alpha value is -1.03. The molecular formula is C14H14Cl2FNO. The van der Waals surface area contributed by atoms with Crippen LogP contribution >= 0.6 is 23.2 Å². The lowest BCUT2D eigenvalue weighted by molar-refractivity contribution is 0.526. The fraction of sp³-hybridized carbons (Fsp3) is 0.286. The van der Waals surface area contributed by atoms with E-state index in [-0.39, 0.29) is 11.9 Å². The molecule has 0 bridgehead atoms. The minimum atomic E-state index is -0.338. The highest BCUT2D eigenvalue weighted by Gasteiger charge is 2.18. The summed E-state index contributed by atoms with van der Waals surface area (Å²) in [5, 5.41) is 4.10. The fourth-order valence-electron chi connectivity index (χ4n) is 2.00. The molecule has 0 saturated heterocycles. The third-order valence-corrected chi connectivity index (χ3v) is 3.57. The molecule has 19 heavy (non-hydrogen) atoms. The lowest BCUT2D eigenvalue weighted by Gasteiger charge is -2.17.